The number of nitrogens with one attached hydrogen (secondary N) is 1. The van der Waals surface area contributed by atoms with Crippen LogP contribution in [-0.2, 0) is 11.3 Å². The van der Waals surface area contributed by atoms with Gasteiger partial charge < -0.3 is 9.72 Å². The van der Waals surface area contributed by atoms with Crippen molar-refractivity contribution in [2.45, 2.75) is 6.54 Å². The lowest BCUT2D eigenvalue weighted by Gasteiger charge is -2.25. The second-order valence-electron chi connectivity index (χ2n) is 3.07. The molecule has 1 N–H and O–H groups in total. The molecule has 1 aliphatic heterocycles. The van der Waals surface area contributed by atoms with Gasteiger partial charge in [-0.15, -0.1) is 0 Å². The summed E-state index contributed by atoms with van der Waals surface area (Å²) in [5, 5.41) is 0. The summed E-state index contributed by atoms with van der Waals surface area (Å²) in [5.41, 5.74) is 0. The molecular weight excluding hydrogens is 234 g/mol. The predicted molar refractivity (Wildman–Crippen MR) is 52.4 cm³/mol. The Morgan fingerprint density at radius 2 is 2.31 bits per heavy atom. The van der Waals surface area contributed by atoms with Crippen molar-refractivity contribution in [2.24, 2.45) is 0 Å². The molecule has 0 amide bonds. The monoisotopic (exact) mass is 245 g/mol. The Hall–Kier alpha value is -0.390. The molecule has 0 atom stereocenters. The molecule has 13 heavy (non-hydrogen) atoms. The molecule has 1 aliphatic rings. The van der Waals surface area contributed by atoms with Crippen molar-refractivity contribution in [3.05, 3.63) is 16.6 Å². The van der Waals surface area contributed by atoms with E-state index < -0.39 is 0 Å². The van der Waals surface area contributed by atoms with E-state index in [4.69, 9.17) is 4.74 Å². The number of aromatic amines is 1. The van der Waals surface area contributed by atoms with E-state index in [0.717, 1.165) is 43.3 Å². The fourth-order valence-electron chi connectivity index (χ4n) is 1.39. The maximum absolute atomic E-state index is 5.26. The third-order valence-corrected chi connectivity index (χ3v) is 2.48. The number of nitrogens with zero attached hydrogens (tertiary/aromatic N) is 2. The van der Waals surface area contributed by atoms with E-state index in [-0.39, 0.29) is 0 Å². The molecule has 0 aromatic carbocycles. The van der Waals surface area contributed by atoms with Crippen LogP contribution in [0.1, 0.15) is 5.82 Å². The standard InChI is InChI=1S/C8H12BrN3O/c9-7-5-10-8(11-7)6-12-1-3-13-4-2-12/h5H,1-4,6H2,(H,10,11). The lowest BCUT2D eigenvalue weighted by atomic mass is 10.4. The first-order valence-electron chi connectivity index (χ1n) is 4.34. The zero-order chi connectivity index (χ0) is 9.10. The van der Waals surface area contributed by atoms with Gasteiger partial charge >= 0.3 is 0 Å². The van der Waals surface area contributed by atoms with Crippen LogP contribution in [0.5, 0.6) is 0 Å². The molecule has 4 nitrogen and oxygen atoms in total. The summed E-state index contributed by atoms with van der Waals surface area (Å²) in [7, 11) is 0. The van der Waals surface area contributed by atoms with Crippen molar-refractivity contribution < 1.29 is 4.74 Å². The zero-order valence-corrected chi connectivity index (χ0v) is 8.88. The SMILES string of the molecule is Brc1cnc(CN2CCOCC2)[nH]1. The van der Waals surface area contributed by atoms with Crippen molar-refractivity contribution in [2.75, 3.05) is 26.3 Å². The van der Waals surface area contributed by atoms with Gasteiger partial charge in [-0.1, -0.05) is 0 Å². The smallest absolute Gasteiger partial charge is 0.121 e. The molecule has 0 spiro atoms. The molecule has 1 aromatic rings. The molecule has 1 fully saturated rings. The fourth-order valence-corrected chi connectivity index (χ4v) is 1.72. The Bertz CT molecular complexity index is 270. The lowest BCUT2D eigenvalue weighted by molar-refractivity contribution is 0.0331. The van der Waals surface area contributed by atoms with E-state index in [1.807, 2.05) is 0 Å². The Morgan fingerprint density at radius 3 is 2.92 bits per heavy atom. The van der Waals surface area contributed by atoms with Gasteiger partial charge in [-0.25, -0.2) is 4.98 Å². The molecule has 0 aliphatic carbocycles. The molecule has 0 radical (unpaired) electrons. The molecule has 72 valence electrons. The highest BCUT2D eigenvalue weighted by Gasteiger charge is 2.11. The van der Waals surface area contributed by atoms with Crippen molar-refractivity contribution in [3.8, 4) is 0 Å². The minimum Gasteiger partial charge on any atom is -0.379 e. The highest BCUT2D eigenvalue weighted by molar-refractivity contribution is 9.10. The number of aromatic nitrogens is 2. The van der Waals surface area contributed by atoms with Gasteiger partial charge in [-0.3, -0.25) is 4.90 Å². The summed E-state index contributed by atoms with van der Waals surface area (Å²) in [4.78, 5) is 9.70. The summed E-state index contributed by atoms with van der Waals surface area (Å²) in [6, 6.07) is 0. The molecule has 2 heterocycles. The van der Waals surface area contributed by atoms with Gasteiger partial charge in [0.2, 0.25) is 0 Å². The van der Waals surface area contributed by atoms with Crippen LogP contribution in [0.15, 0.2) is 10.8 Å². The highest BCUT2D eigenvalue weighted by atomic mass is 79.9. The molecule has 0 bridgehead atoms. The van der Waals surface area contributed by atoms with E-state index in [2.05, 4.69) is 30.8 Å². The summed E-state index contributed by atoms with van der Waals surface area (Å²) < 4.78 is 6.20. The Kier molecular flexibility index (Phi) is 2.97. The zero-order valence-electron chi connectivity index (χ0n) is 7.29. The van der Waals surface area contributed by atoms with Crippen LogP contribution in [0.2, 0.25) is 0 Å². The quantitative estimate of drug-likeness (QED) is 0.846. The van der Waals surface area contributed by atoms with Gasteiger partial charge in [0, 0.05) is 13.1 Å². The fraction of sp³-hybridized carbons (Fsp3) is 0.625. The Balaban J connectivity index is 1.89. The number of halogens is 1. The van der Waals surface area contributed by atoms with E-state index in [1.54, 1.807) is 6.20 Å². The second kappa shape index (κ2) is 4.21. The molecule has 0 saturated carbocycles. The molecule has 2 rings (SSSR count). The number of morpholine rings is 1. The highest BCUT2D eigenvalue weighted by Crippen LogP contribution is 2.08. The molecule has 0 unspecified atom stereocenters. The number of hydrogen-bond donors (Lipinski definition) is 1. The van der Waals surface area contributed by atoms with E-state index in [9.17, 15) is 0 Å². The van der Waals surface area contributed by atoms with Crippen LogP contribution in [0.3, 0.4) is 0 Å². The summed E-state index contributed by atoms with van der Waals surface area (Å²) in [5.74, 6) is 1.01. The van der Waals surface area contributed by atoms with Crippen molar-refractivity contribution >= 4 is 15.9 Å². The number of hydrogen-bond acceptors (Lipinski definition) is 3. The maximum atomic E-state index is 5.26. The van der Waals surface area contributed by atoms with Gasteiger partial charge in [-0.05, 0) is 15.9 Å². The number of imidazole rings is 1. The van der Waals surface area contributed by atoms with Crippen LogP contribution in [-0.4, -0.2) is 41.2 Å². The van der Waals surface area contributed by atoms with E-state index in [1.165, 1.54) is 0 Å². The van der Waals surface area contributed by atoms with Crippen molar-refractivity contribution in [3.63, 3.8) is 0 Å². The summed E-state index contributed by atoms with van der Waals surface area (Å²) in [6.07, 6.45) is 1.79. The van der Waals surface area contributed by atoms with Crippen molar-refractivity contribution in [1.29, 1.82) is 0 Å². The second-order valence-corrected chi connectivity index (χ2v) is 3.92. The number of rotatable bonds is 2. The molecule has 5 heteroatoms. The lowest BCUT2D eigenvalue weighted by Crippen LogP contribution is -2.35. The van der Waals surface area contributed by atoms with Crippen LogP contribution >= 0.6 is 15.9 Å². The number of ether oxygens (including phenoxy) is 1. The predicted octanol–water partition coefficient (Wildman–Crippen LogP) is 1.00. The van der Waals surface area contributed by atoms with Crippen LogP contribution < -0.4 is 0 Å². The minimum absolute atomic E-state index is 0.835. The van der Waals surface area contributed by atoms with Crippen LogP contribution in [0.25, 0.3) is 0 Å². The molecule has 1 aromatic heterocycles. The van der Waals surface area contributed by atoms with E-state index >= 15 is 0 Å². The minimum atomic E-state index is 0.835. The van der Waals surface area contributed by atoms with Gasteiger partial charge in [0.05, 0.1) is 26.0 Å². The van der Waals surface area contributed by atoms with Crippen molar-refractivity contribution in [1.82, 2.24) is 14.9 Å². The van der Waals surface area contributed by atoms with Gasteiger partial charge in [0.25, 0.3) is 0 Å². The third kappa shape index (κ3) is 2.52. The molecular formula is C8H12BrN3O. The average Bonchev–Trinajstić information content (AvgIpc) is 2.53. The van der Waals surface area contributed by atoms with Gasteiger partial charge in [0.15, 0.2) is 0 Å². The van der Waals surface area contributed by atoms with E-state index in [0.29, 0.717) is 0 Å². The Labute approximate surface area is 85.4 Å². The van der Waals surface area contributed by atoms with Gasteiger partial charge in [-0.2, -0.15) is 0 Å². The topological polar surface area (TPSA) is 41.2 Å². The first-order chi connectivity index (χ1) is 6.34. The van der Waals surface area contributed by atoms with Crippen LogP contribution in [0, 0.1) is 0 Å². The van der Waals surface area contributed by atoms with Gasteiger partial charge in [0.1, 0.15) is 10.4 Å². The number of H-pyrrole nitrogens is 1. The maximum Gasteiger partial charge on any atom is 0.121 e. The normalized spacial score (nSPS) is 19.2. The first-order valence-corrected chi connectivity index (χ1v) is 5.13. The summed E-state index contributed by atoms with van der Waals surface area (Å²) >= 11 is 3.34. The largest absolute Gasteiger partial charge is 0.379 e. The third-order valence-electron chi connectivity index (χ3n) is 2.07. The Morgan fingerprint density at radius 1 is 1.54 bits per heavy atom. The van der Waals surface area contributed by atoms with Crippen LogP contribution in [0.4, 0.5) is 0 Å². The molecule has 1 saturated heterocycles. The summed E-state index contributed by atoms with van der Waals surface area (Å²) in [6.45, 7) is 4.55. The first kappa shape index (κ1) is 9.18. The average molecular weight is 246 g/mol.